The highest BCUT2D eigenvalue weighted by Gasteiger charge is 2.03. The number of nitrogen functional groups attached to an aromatic ring is 1. The molecule has 4 heteroatoms. The molecule has 0 amide bonds. The van der Waals surface area contributed by atoms with Crippen molar-refractivity contribution < 1.29 is 4.74 Å². The van der Waals surface area contributed by atoms with Crippen LogP contribution in [0.25, 0.3) is 0 Å². The third-order valence-corrected chi connectivity index (χ3v) is 2.47. The highest BCUT2D eigenvalue weighted by atomic mass is 79.9. The van der Waals surface area contributed by atoms with E-state index in [1.807, 2.05) is 18.2 Å². The normalized spacial score (nSPS) is 9.93. The maximum Gasteiger partial charge on any atom is 0.150 e. The lowest BCUT2D eigenvalue weighted by atomic mass is 10.3. The zero-order valence-electron chi connectivity index (χ0n) is 7.85. The zero-order chi connectivity index (χ0) is 10.7. The summed E-state index contributed by atoms with van der Waals surface area (Å²) < 4.78 is 6.43. The molecule has 0 unspecified atom stereocenters. The molecule has 0 spiro atoms. The number of pyridine rings is 1. The summed E-state index contributed by atoms with van der Waals surface area (Å²) in [4.78, 5) is 3.95. The molecule has 0 saturated carbocycles. The molecule has 0 bridgehead atoms. The lowest BCUT2D eigenvalue weighted by molar-refractivity contribution is 0.481. The Hall–Kier alpha value is -1.55. The fourth-order valence-corrected chi connectivity index (χ4v) is 1.47. The molecule has 0 aliphatic heterocycles. The Bertz CT molecular complexity index is 430. The van der Waals surface area contributed by atoms with Crippen LogP contribution in [0.3, 0.4) is 0 Å². The van der Waals surface area contributed by atoms with Gasteiger partial charge in [0.25, 0.3) is 0 Å². The van der Waals surface area contributed by atoms with Crippen LogP contribution in [0.15, 0.2) is 47.2 Å². The van der Waals surface area contributed by atoms with Crippen LogP contribution in [0.1, 0.15) is 0 Å². The minimum atomic E-state index is 0.612. The summed E-state index contributed by atoms with van der Waals surface area (Å²) >= 11 is 3.35. The van der Waals surface area contributed by atoms with E-state index in [2.05, 4.69) is 20.9 Å². The smallest absolute Gasteiger partial charge is 0.150 e. The largest absolute Gasteiger partial charge is 0.454 e. The standard InChI is InChI=1S/C11H9BrN2O/c12-8-7-14-6-5-10(8)15-11-4-2-1-3-9(11)13/h1-7H,13H2. The summed E-state index contributed by atoms with van der Waals surface area (Å²) in [6.45, 7) is 0. The van der Waals surface area contributed by atoms with Crippen molar-refractivity contribution in [1.82, 2.24) is 4.98 Å². The molecule has 2 rings (SSSR count). The van der Waals surface area contributed by atoms with Gasteiger partial charge in [-0.1, -0.05) is 12.1 Å². The molecule has 1 aromatic carbocycles. The van der Waals surface area contributed by atoms with Crippen molar-refractivity contribution in [1.29, 1.82) is 0 Å². The zero-order valence-corrected chi connectivity index (χ0v) is 9.44. The Labute approximate surface area is 96.0 Å². The van der Waals surface area contributed by atoms with E-state index in [0.717, 1.165) is 4.47 Å². The Morgan fingerprint density at radius 2 is 1.93 bits per heavy atom. The van der Waals surface area contributed by atoms with Crippen molar-refractivity contribution in [2.24, 2.45) is 0 Å². The number of anilines is 1. The average molecular weight is 265 g/mol. The number of nitrogens with zero attached hydrogens (tertiary/aromatic N) is 1. The number of aromatic nitrogens is 1. The molecule has 0 atom stereocenters. The Kier molecular flexibility index (Phi) is 2.87. The van der Waals surface area contributed by atoms with Crippen LogP contribution in [0.5, 0.6) is 11.5 Å². The van der Waals surface area contributed by atoms with Crippen LogP contribution < -0.4 is 10.5 Å². The van der Waals surface area contributed by atoms with Gasteiger partial charge in [0.05, 0.1) is 10.2 Å². The quantitative estimate of drug-likeness (QED) is 0.848. The van der Waals surface area contributed by atoms with Crippen molar-refractivity contribution in [2.75, 3.05) is 5.73 Å². The second-order valence-electron chi connectivity index (χ2n) is 2.95. The predicted molar refractivity (Wildman–Crippen MR) is 62.9 cm³/mol. The maximum absolute atomic E-state index is 5.76. The molecule has 0 aliphatic carbocycles. The molecule has 1 heterocycles. The monoisotopic (exact) mass is 264 g/mol. The number of nitrogens with two attached hydrogens (primary N) is 1. The maximum atomic E-state index is 5.76. The molecule has 2 N–H and O–H groups in total. The van der Waals surface area contributed by atoms with Gasteiger partial charge >= 0.3 is 0 Å². The number of para-hydroxylation sites is 2. The second kappa shape index (κ2) is 4.31. The van der Waals surface area contributed by atoms with Crippen molar-refractivity contribution in [3.05, 3.63) is 47.2 Å². The molecule has 0 fully saturated rings. The Balaban J connectivity index is 2.30. The first-order chi connectivity index (χ1) is 7.27. The molecule has 15 heavy (non-hydrogen) atoms. The van der Waals surface area contributed by atoms with Crippen LogP contribution in [0.4, 0.5) is 5.69 Å². The number of benzene rings is 1. The third-order valence-electron chi connectivity index (χ3n) is 1.87. The van der Waals surface area contributed by atoms with Crippen molar-refractivity contribution in [3.8, 4) is 11.5 Å². The molecule has 2 aromatic rings. The highest BCUT2D eigenvalue weighted by Crippen LogP contribution is 2.31. The van der Waals surface area contributed by atoms with Crippen LogP contribution in [0.2, 0.25) is 0 Å². The number of hydrogen-bond donors (Lipinski definition) is 1. The minimum Gasteiger partial charge on any atom is -0.454 e. The van der Waals surface area contributed by atoms with Crippen LogP contribution in [-0.2, 0) is 0 Å². The molecule has 0 aliphatic rings. The lowest BCUT2D eigenvalue weighted by Crippen LogP contribution is -1.92. The van der Waals surface area contributed by atoms with Crippen LogP contribution in [-0.4, -0.2) is 4.98 Å². The van der Waals surface area contributed by atoms with Gasteiger partial charge in [-0.2, -0.15) is 0 Å². The topological polar surface area (TPSA) is 48.1 Å². The summed E-state index contributed by atoms with van der Waals surface area (Å²) in [6, 6.07) is 9.13. The molecule has 1 aromatic heterocycles. The van der Waals surface area contributed by atoms with E-state index in [-0.39, 0.29) is 0 Å². The first kappa shape index (κ1) is 9.98. The fraction of sp³-hybridized carbons (Fsp3) is 0. The van der Waals surface area contributed by atoms with Crippen molar-refractivity contribution in [3.63, 3.8) is 0 Å². The fourth-order valence-electron chi connectivity index (χ4n) is 1.14. The van der Waals surface area contributed by atoms with E-state index < -0.39 is 0 Å². The number of hydrogen-bond acceptors (Lipinski definition) is 3. The van der Waals surface area contributed by atoms with E-state index in [1.54, 1.807) is 24.5 Å². The summed E-state index contributed by atoms with van der Waals surface area (Å²) in [5, 5.41) is 0. The number of ether oxygens (including phenoxy) is 1. The summed E-state index contributed by atoms with van der Waals surface area (Å²) in [7, 11) is 0. The van der Waals surface area contributed by atoms with Gasteiger partial charge in [-0.3, -0.25) is 4.98 Å². The van der Waals surface area contributed by atoms with Gasteiger partial charge in [0.1, 0.15) is 11.5 Å². The third kappa shape index (κ3) is 2.27. The first-order valence-corrected chi connectivity index (χ1v) is 5.18. The summed E-state index contributed by atoms with van der Waals surface area (Å²) in [5.74, 6) is 1.34. The molecule has 3 nitrogen and oxygen atoms in total. The van der Waals surface area contributed by atoms with Gasteiger partial charge in [-0.15, -0.1) is 0 Å². The summed E-state index contributed by atoms with van der Waals surface area (Å²) in [6.07, 6.45) is 3.34. The van der Waals surface area contributed by atoms with Gasteiger partial charge in [-0.25, -0.2) is 0 Å². The van der Waals surface area contributed by atoms with Crippen LogP contribution in [0, 0.1) is 0 Å². The van der Waals surface area contributed by atoms with Crippen LogP contribution >= 0.6 is 15.9 Å². The minimum absolute atomic E-state index is 0.612. The number of halogens is 1. The van der Waals surface area contributed by atoms with Gasteiger partial charge in [-0.05, 0) is 28.1 Å². The van der Waals surface area contributed by atoms with Gasteiger partial charge in [0, 0.05) is 18.5 Å². The van der Waals surface area contributed by atoms with E-state index in [1.165, 1.54) is 0 Å². The predicted octanol–water partition coefficient (Wildman–Crippen LogP) is 3.22. The first-order valence-electron chi connectivity index (χ1n) is 4.39. The molecular formula is C11H9BrN2O. The molecule has 0 saturated heterocycles. The lowest BCUT2D eigenvalue weighted by Gasteiger charge is -2.08. The molecule has 0 radical (unpaired) electrons. The second-order valence-corrected chi connectivity index (χ2v) is 3.80. The average Bonchev–Trinajstić information content (AvgIpc) is 2.24. The SMILES string of the molecule is Nc1ccccc1Oc1ccncc1Br. The Morgan fingerprint density at radius 3 is 2.67 bits per heavy atom. The summed E-state index contributed by atoms with van der Waals surface area (Å²) in [5.41, 5.74) is 6.37. The Morgan fingerprint density at radius 1 is 1.13 bits per heavy atom. The van der Waals surface area contributed by atoms with E-state index in [0.29, 0.717) is 17.2 Å². The molecule has 76 valence electrons. The molecular weight excluding hydrogens is 256 g/mol. The van der Waals surface area contributed by atoms with Gasteiger partial charge < -0.3 is 10.5 Å². The van der Waals surface area contributed by atoms with Crippen molar-refractivity contribution in [2.45, 2.75) is 0 Å². The van der Waals surface area contributed by atoms with Gasteiger partial charge in [0.2, 0.25) is 0 Å². The number of rotatable bonds is 2. The van der Waals surface area contributed by atoms with E-state index in [9.17, 15) is 0 Å². The van der Waals surface area contributed by atoms with Gasteiger partial charge in [0.15, 0.2) is 0 Å². The van der Waals surface area contributed by atoms with E-state index in [4.69, 9.17) is 10.5 Å². The van der Waals surface area contributed by atoms with E-state index >= 15 is 0 Å². The van der Waals surface area contributed by atoms with Crippen molar-refractivity contribution >= 4 is 21.6 Å². The highest BCUT2D eigenvalue weighted by molar-refractivity contribution is 9.10.